The van der Waals surface area contributed by atoms with Crippen LogP contribution in [-0.4, -0.2) is 14.6 Å². The molecule has 1 fully saturated rings. The van der Waals surface area contributed by atoms with Crippen LogP contribution in [0.15, 0.2) is 51.4 Å². The quantitative estimate of drug-likeness (QED) is 0.716. The summed E-state index contributed by atoms with van der Waals surface area (Å²) in [5.41, 5.74) is -1.35. The molecule has 3 aromatic rings. The summed E-state index contributed by atoms with van der Waals surface area (Å²) in [6.45, 7) is 0. The van der Waals surface area contributed by atoms with Crippen molar-refractivity contribution in [2.75, 3.05) is 0 Å². The molecule has 2 heterocycles. The van der Waals surface area contributed by atoms with Gasteiger partial charge in [-0.3, -0.25) is 9.89 Å². The van der Waals surface area contributed by atoms with Gasteiger partial charge in [-0.1, -0.05) is 18.2 Å². The molecule has 0 spiro atoms. The van der Waals surface area contributed by atoms with Crippen LogP contribution in [0.3, 0.4) is 0 Å². The fraction of sp³-hybridized carbons (Fsp3) is 0.250. The molecule has 0 saturated heterocycles. The van der Waals surface area contributed by atoms with Crippen LogP contribution in [0.25, 0.3) is 5.65 Å². The number of aromatic amines is 1. The van der Waals surface area contributed by atoms with E-state index in [0.717, 1.165) is 18.9 Å². The van der Waals surface area contributed by atoms with Crippen LogP contribution in [-0.2, 0) is 6.18 Å². The normalized spacial score (nSPS) is 15.3. The number of alkyl halides is 3. The molecule has 1 N–H and O–H groups in total. The molecular weight excluding hydrogens is 335 g/mol. The summed E-state index contributed by atoms with van der Waals surface area (Å²) < 4.78 is 40.7. The lowest BCUT2D eigenvalue weighted by molar-refractivity contribution is -0.142. The second kappa shape index (κ2) is 5.54. The molecule has 0 amide bonds. The standard InChI is InChI=1S/C16H12F3N5O/c17-16(18,19)12-8-11(9-6-7-9)20-14-13(15(25)23-24(12)14)22-21-10-4-2-1-3-5-10/h1-5,8-9H,6-7H2,(H,23,25). The largest absolute Gasteiger partial charge is 0.433 e. The van der Waals surface area contributed by atoms with Gasteiger partial charge in [0.1, 0.15) is 5.69 Å². The van der Waals surface area contributed by atoms with Crippen LogP contribution in [0.2, 0.25) is 0 Å². The van der Waals surface area contributed by atoms with E-state index in [2.05, 4.69) is 20.3 Å². The number of halogens is 3. The van der Waals surface area contributed by atoms with Crippen molar-refractivity contribution < 1.29 is 13.2 Å². The van der Waals surface area contributed by atoms with E-state index >= 15 is 0 Å². The van der Waals surface area contributed by atoms with Crippen LogP contribution < -0.4 is 5.56 Å². The molecule has 2 aromatic heterocycles. The summed E-state index contributed by atoms with van der Waals surface area (Å²) in [7, 11) is 0. The fourth-order valence-electron chi connectivity index (χ4n) is 2.54. The van der Waals surface area contributed by atoms with Crippen LogP contribution in [0, 0.1) is 0 Å². The van der Waals surface area contributed by atoms with Crippen molar-refractivity contribution in [2.45, 2.75) is 24.9 Å². The first-order valence-corrected chi connectivity index (χ1v) is 7.63. The number of rotatable bonds is 3. The fourth-order valence-corrected chi connectivity index (χ4v) is 2.54. The number of benzene rings is 1. The number of aromatic nitrogens is 3. The molecule has 0 aliphatic heterocycles. The number of azo groups is 1. The van der Waals surface area contributed by atoms with Gasteiger partial charge in [0.05, 0.1) is 5.69 Å². The molecule has 128 valence electrons. The van der Waals surface area contributed by atoms with Crippen molar-refractivity contribution in [1.82, 2.24) is 14.6 Å². The maximum Gasteiger partial charge on any atom is 0.433 e. The Hall–Kier alpha value is -2.97. The first-order chi connectivity index (χ1) is 11.9. The molecule has 1 saturated carbocycles. The van der Waals surface area contributed by atoms with Crippen LogP contribution >= 0.6 is 0 Å². The Balaban J connectivity index is 1.90. The molecule has 0 unspecified atom stereocenters. The average molecular weight is 347 g/mol. The minimum atomic E-state index is -4.62. The van der Waals surface area contributed by atoms with Gasteiger partial charge in [-0.05, 0) is 31.0 Å². The molecule has 1 aromatic carbocycles. The Labute approximate surface area is 139 Å². The van der Waals surface area contributed by atoms with E-state index in [1.54, 1.807) is 30.3 Å². The van der Waals surface area contributed by atoms with Gasteiger partial charge >= 0.3 is 6.18 Å². The molecule has 0 radical (unpaired) electrons. The van der Waals surface area contributed by atoms with Gasteiger partial charge in [0, 0.05) is 11.6 Å². The minimum absolute atomic E-state index is 0.00462. The summed E-state index contributed by atoms with van der Waals surface area (Å²) >= 11 is 0. The Morgan fingerprint density at radius 3 is 2.52 bits per heavy atom. The van der Waals surface area contributed by atoms with Gasteiger partial charge in [0.15, 0.2) is 11.3 Å². The highest BCUT2D eigenvalue weighted by Gasteiger charge is 2.37. The molecule has 0 bridgehead atoms. The van der Waals surface area contributed by atoms with Crippen molar-refractivity contribution >= 4 is 17.0 Å². The van der Waals surface area contributed by atoms with E-state index in [9.17, 15) is 18.0 Å². The second-order valence-corrected chi connectivity index (χ2v) is 5.82. The Kier molecular flexibility index (Phi) is 3.45. The van der Waals surface area contributed by atoms with Crippen LogP contribution in [0.1, 0.15) is 30.1 Å². The van der Waals surface area contributed by atoms with Crippen molar-refractivity contribution in [3.8, 4) is 0 Å². The number of hydrogen-bond donors (Lipinski definition) is 1. The van der Waals surface area contributed by atoms with Gasteiger partial charge in [-0.15, -0.1) is 5.11 Å². The molecule has 1 aliphatic carbocycles. The van der Waals surface area contributed by atoms with E-state index in [1.807, 2.05) is 0 Å². The lowest BCUT2D eigenvalue weighted by atomic mass is 10.2. The first-order valence-electron chi connectivity index (χ1n) is 7.63. The Morgan fingerprint density at radius 2 is 1.88 bits per heavy atom. The molecular formula is C16H12F3N5O. The molecule has 9 heteroatoms. The SMILES string of the molecule is O=c1[nH]n2c(C(F)(F)F)cc(C3CC3)nc2c1N=Nc1ccccc1. The number of nitrogens with zero attached hydrogens (tertiary/aromatic N) is 4. The lowest BCUT2D eigenvalue weighted by Gasteiger charge is -2.10. The predicted octanol–water partition coefficient (Wildman–Crippen LogP) is 4.33. The van der Waals surface area contributed by atoms with Gasteiger partial charge in [0.2, 0.25) is 0 Å². The van der Waals surface area contributed by atoms with E-state index in [-0.39, 0.29) is 17.3 Å². The maximum absolute atomic E-state index is 13.3. The van der Waals surface area contributed by atoms with E-state index in [4.69, 9.17) is 0 Å². The van der Waals surface area contributed by atoms with Gasteiger partial charge < -0.3 is 0 Å². The zero-order valence-electron chi connectivity index (χ0n) is 12.8. The highest BCUT2D eigenvalue weighted by atomic mass is 19.4. The van der Waals surface area contributed by atoms with Crippen molar-refractivity contribution in [2.24, 2.45) is 10.2 Å². The topological polar surface area (TPSA) is 74.9 Å². The van der Waals surface area contributed by atoms with Crippen molar-refractivity contribution in [1.29, 1.82) is 0 Å². The third-order valence-electron chi connectivity index (χ3n) is 3.92. The highest BCUT2D eigenvalue weighted by Crippen LogP contribution is 2.41. The highest BCUT2D eigenvalue weighted by molar-refractivity contribution is 5.63. The van der Waals surface area contributed by atoms with Crippen LogP contribution in [0.5, 0.6) is 0 Å². The average Bonchev–Trinajstić information content (AvgIpc) is 3.36. The molecule has 0 atom stereocenters. The molecule has 25 heavy (non-hydrogen) atoms. The van der Waals surface area contributed by atoms with Crippen LogP contribution in [0.4, 0.5) is 24.5 Å². The third-order valence-corrected chi connectivity index (χ3v) is 3.92. The maximum atomic E-state index is 13.3. The molecule has 6 nitrogen and oxygen atoms in total. The number of nitrogens with one attached hydrogen (secondary N) is 1. The minimum Gasteiger partial charge on any atom is -0.265 e. The summed E-state index contributed by atoms with van der Waals surface area (Å²) in [5, 5.41) is 9.90. The first kappa shape index (κ1) is 15.6. The van der Waals surface area contributed by atoms with E-state index in [1.165, 1.54) is 0 Å². The molecule has 1 aliphatic rings. The van der Waals surface area contributed by atoms with Gasteiger partial charge in [-0.25, -0.2) is 9.50 Å². The molecule has 4 rings (SSSR count). The van der Waals surface area contributed by atoms with Crippen molar-refractivity contribution in [3.05, 3.63) is 58.1 Å². The van der Waals surface area contributed by atoms with E-state index < -0.39 is 17.4 Å². The number of hydrogen-bond acceptors (Lipinski definition) is 4. The monoisotopic (exact) mass is 347 g/mol. The van der Waals surface area contributed by atoms with E-state index in [0.29, 0.717) is 15.9 Å². The third kappa shape index (κ3) is 2.92. The Morgan fingerprint density at radius 1 is 1.16 bits per heavy atom. The number of H-pyrrole nitrogens is 1. The van der Waals surface area contributed by atoms with Gasteiger partial charge in [0.25, 0.3) is 5.56 Å². The zero-order valence-corrected chi connectivity index (χ0v) is 12.8. The predicted molar refractivity (Wildman–Crippen MR) is 83.4 cm³/mol. The van der Waals surface area contributed by atoms with Crippen molar-refractivity contribution in [3.63, 3.8) is 0 Å². The number of fused-ring (bicyclic) bond motifs is 1. The smallest absolute Gasteiger partial charge is 0.265 e. The summed E-state index contributed by atoms with van der Waals surface area (Å²) in [5.74, 6) is -0.00462. The van der Waals surface area contributed by atoms with Gasteiger partial charge in [-0.2, -0.15) is 18.3 Å². The summed E-state index contributed by atoms with van der Waals surface area (Å²) in [4.78, 5) is 16.3. The zero-order chi connectivity index (χ0) is 17.6. The lowest BCUT2D eigenvalue weighted by Crippen LogP contribution is -2.15. The second-order valence-electron chi connectivity index (χ2n) is 5.82. The summed E-state index contributed by atoms with van der Waals surface area (Å²) in [6, 6.07) is 9.58. The summed E-state index contributed by atoms with van der Waals surface area (Å²) in [6.07, 6.45) is -3.05. The Bertz CT molecular complexity index is 1020.